The van der Waals surface area contributed by atoms with E-state index in [1.165, 1.54) is 12.1 Å². The molecule has 40 heavy (non-hydrogen) atoms. The van der Waals surface area contributed by atoms with Gasteiger partial charge in [0.25, 0.3) is 0 Å². The Morgan fingerprint density at radius 2 is 1.70 bits per heavy atom. The van der Waals surface area contributed by atoms with Crippen LogP contribution in [-0.2, 0) is 21.5 Å². The lowest BCUT2D eigenvalue weighted by Crippen LogP contribution is -2.22. The number of halogens is 1. The van der Waals surface area contributed by atoms with Crippen LogP contribution in [0.3, 0.4) is 0 Å². The Kier molecular flexibility index (Phi) is 9.13. The fraction of sp³-hybridized carbons (Fsp3) is 0.300. The van der Waals surface area contributed by atoms with E-state index in [-0.39, 0.29) is 11.1 Å². The molecule has 0 aliphatic rings. The van der Waals surface area contributed by atoms with Gasteiger partial charge in [-0.15, -0.1) is 0 Å². The number of carbonyl (C=O) groups excluding carboxylic acids is 1. The molecule has 0 saturated carbocycles. The first-order chi connectivity index (χ1) is 19.1. The minimum atomic E-state index is -0.628. The van der Waals surface area contributed by atoms with Gasteiger partial charge in [0.15, 0.2) is 0 Å². The molecule has 2 heterocycles. The Hall–Kier alpha value is -4.28. The monoisotopic (exact) mass is 547 g/mol. The number of nitrogens with one attached hydrogen (secondary N) is 2. The van der Waals surface area contributed by atoms with Crippen molar-refractivity contribution in [1.29, 1.82) is 0 Å². The number of urea groups is 1. The van der Waals surface area contributed by atoms with Crippen molar-refractivity contribution in [1.82, 2.24) is 14.8 Å². The summed E-state index contributed by atoms with van der Waals surface area (Å²) < 4.78 is 32.8. The summed E-state index contributed by atoms with van der Waals surface area (Å²) in [5, 5.41) is 10.1. The van der Waals surface area contributed by atoms with Crippen LogP contribution in [-0.4, -0.2) is 41.1 Å². The Bertz CT molecular complexity index is 1450. The number of rotatable bonds is 10. The summed E-state index contributed by atoms with van der Waals surface area (Å²) in [5.41, 5.74) is 3.49. The van der Waals surface area contributed by atoms with Gasteiger partial charge in [0.1, 0.15) is 17.3 Å². The second-order valence-electron chi connectivity index (χ2n) is 10.3. The van der Waals surface area contributed by atoms with Crippen LogP contribution in [0.5, 0.6) is 11.5 Å². The van der Waals surface area contributed by atoms with E-state index in [0.29, 0.717) is 42.7 Å². The number of carbonyl (C=O) groups is 1. The molecule has 0 radical (unpaired) electrons. The molecule has 2 aromatic heterocycles. The van der Waals surface area contributed by atoms with Gasteiger partial charge in [-0.3, -0.25) is 4.98 Å². The molecule has 0 bridgehead atoms. The molecule has 0 aliphatic carbocycles. The van der Waals surface area contributed by atoms with Gasteiger partial charge in [0.2, 0.25) is 0 Å². The fourth-order valence-corrected chi connectivity index (χ4v) is 3.88. The fourth-order valence-electron chi connectivity index (χ4n) is 3.88. The van der Waals surface area contributed by atoms with Crippen LogP contribution >= 0.6 is 0 Å². The second kappa shape index (κ2) is 12.7. The average Bonchev–Trinajstić information content (AvgIpc) is 3.33. The van der Waals surface area contributed by atoms with Crippen molar-refractivity contribution < 1.29 is 23.4 Å². The molecule has 2 amide bonds. The minimum Gasteiger partial charge on any atom is -0.457 e. The topological polar surface area (TPSA) is 99.5 Å². The zero-order valence-electron chi connectivity index (χ0n) is 23.3. The summed E-state index contributed by atoms with van der Waals surface area (Å²) >= 11 is 0. The maximum atomic E-state index is 14.8. The molecule has 0 unspecified atom stereocenters. The van der Waals surface area contributed by atoms with Gasteiger partial charge in [-0.05, 0) is 42.8 Å². The molecular weight excluding hydrogens is 513 g/mol. The van der Waals surface area contributed by atoms with E-state index >= 15 is 0 Å². The number of nitrogens with zero attached hydrogens (tertiary/aromatic N) is 3. The van der Waals surface area contributed by atoms with Crippen LogP contribution in [0.4, 0.5) is 20.6 Å². The van der Waals surface area contributed by atoms with Gasteiger partial charge >= 0.3 is 6.03 Å². The van der Waals surface area contributed by atoms with E-state index in [1.54, 1.807) is 42.4 Å². The Labute approximate surface area is 233 Å². The largest absolute Gasteiger partial charge is 0.457 e. The number of aromatic nitrogens is 3. The normalized spacial score (nSPS) is 11.3. The van der Waals surface area contributed by atoms with Gasteiger partial charge in [0.05, 0.1) is 48.8 Å². The number of ether oxygens (including phenoxy) is 3. The van der Waals surface area contributed by atoms with Crippen LogP contribution in [0.15, 0.2) is 67.0 Å². The number of hydrogen-bond donors (Lipinski definition) is 2. The quantitative estimate of drug-likeness (QED) is 0.217. The highest BCUT2D eigenvalue weighted by Crippen LogP contribution is 2.30. The molecule has 0 atom stereocenters. The van der Waals surface area contributed by atoms with Gasteiger partial charge in [-0.25, -0.2) is 13.9 Å². The summed E-state index contributed by atoms with van der Waals surface area (Å²) in [4.78, 5) is 17.0. The van der Waals surface area contributed by atoms with E-state index in [9.17, 15) is 9.18 Å². The molecule has 2 aromatic carbocycles. The maximum absolute atomic E-state index is 14.8. The smallest absolute Gasteiger partial charge is 0.323 e. The first kappa shape index (κ1) is 28.7. The van der Waals surface area contributed by atoms with Crippen molar-refractivity contribution in [3.8, 4) is 17.2 Å². The summed E-state index contributed by atoms with van der Waals surface area (Å²) in [6.45, 7) is 9.41. The lowest BCUT2D eigenvalue weighted by Gasteiger charge is -2.18. The summed E-state index contributed by atoms with van der Waals surface area (Å²) in [6, 6.07) is 14.9. The maximum Gasteiger partial charge on any atom is 0.323 e. The van der Waals surface area contributed by atoms with Crippen LogP contribution < -0.4 is 15.4 Å². The number of aryl methyl sites for hydroxylation is 1. The number of amides is 2. The zero-order valence-corrected chi connectivity index (χ0v) is 23.3. The van der Waals surface area contributed by atoms with Crippen LogP contribution in [0.1, 0.15) is 37.7 Å². The highest BCUT2D eigenvalue weighted by Gasteiger charge is 2.24. The average molecular weight is 548 g/mol. The highest BCUT2D eigenvalue weighted by molar-refractivity contribution is 6.00. The van der Waals surface area contributed by atoms with Crippen LogP contribution in [0.25, 0.3) is 5.69 Å². The van der Waals surface area contributed by atoms with E-state index in [4.69, 9.17) is 19.3 Å². The van der Waals surface area contributed by atoms with Crippen LogP contribution in [0.2, 0.25) is 0 Å². The van der Waals surface area contributed by atoms with Gasteiger partial charge < -0.3 is 24.8 Å². The predicted molar refractivity (Wildman–Crippen MR) is 152 cm³/mol. The van der Waals surface area contributed by atoms with Gasteiger partial charge in [0, 0.05) is 36.5 Å². The highest BCUT2D eigenvalue weighted by atomic mass is 19.1. The van der Waals surface area contributed by atoms with E-state index in [2.05, 4.69) is 15.6 Å². The first-order valence-corrected chi connectivity index (χ1v) is 12.9. The van der Waals surface area contributed by atoms with E-state index in [1.807, 2.05) is 52.0 Å². The number of methoxy groups -OCH3 is 1. The third kappa shape index (κ3) is 7.64. The molecule has 0 fully saturated rings. The molecule has 4 aromatic rings. The van der Waals surface area contributed by atoms with Gasteiger partial charge in [-0.1, -0.05) is 32.9 Å². The van der Waals surface area contributed by atoms with Crippen molar-refractivity contribution in [2.24, 2.45) is 0 Å². The summed E-state index contributed by atoms with van der Waals surface area (Å²) in [5.74, 6) is 0.219. The molecular formula is C30H34FN5O4. The minimum absolute atomic E-state index is 0.0174. The van der Waals surface area contributed by atoms with Crippen molar-refractivity contribution in [3.05, 3.63) is 89.8 Å². The first-order valence-electron chi connectivity index (χ1n) is 12.9. The Balaban J connectivity index is 1.45. The number of benzene rings is 2. The lowest BCUT2D eigenvalue weighted by molar-refractivity contribution is 0.0616. The molecule has 0 saturated heterocycles. The molecule has 4 rings (SSSR count). The molecule has 210 valence electrons. The van der Waals surface area contributed by atoms with Crippen molar-refractivity contribution in [2.75, 3.05) is 31.0 Å². The standard InChI is InChI=1S/C30H34FN5O4/c1-20-16-24(12-13-32-20)40-23-10-11-26(25(31)17-23)33-29(37)34-27-18-36(35-28(27)30(2,3)4)22-8-6-21(7-9-22)19-39-15-14-38-5/h6-13,16-18H,14-15,19H2,1-5H3,(H2,33,34,37). The van der Waals surface area contributed by atoms with Crippen LogP contribution in [0, 0.1) is 12.7 Å². The van der Waals surface area contributed by atoms with Crippen molar-refractivity contribution in [2.45, 2.75) is 39.7 Å². The third-order valence-electron chi connectivity index (χ3n) is 5.87. The molecule has 10 heteroatoms. The summed E-state index contributed by atoms with van der Waals surface area (Å²) in [7, 11) is 1.64. The third-order valence-corrected chi connectivity index (χ3v) is 5.87. The zero-order chi connectivity index (χ0) is 28.7. The molecule has 9 nitrogen and oxygen atoms in total. The number of pyridine rings is 1. The SMILES string of the molecule is COCCOCc1ccc(-n2cc(NC(=O)Nc3ccc(Oc4ccnc(C)c4)cc3F)c(C(C)(C)C)n2)cc1. The number of anilines is 2. The summed E-state index contributed by atoms with van der Waals surface area (Å²) in [6.07, 6.45) is 3.36. The second-order valence-corrected chi connectivity index (χ2v) is 10.3. The van der Waals surface area contributed by atoms with E-state index in [0.717, 1.165) is 16.9 Å². The Morgan fingerprint density at radius 1 is 0.975 bits per heavy atom. The molecule has 0 spiro atoms. The molecule has 2 N–H and O–H groups in total. The number of hydrogen-bond acceptors (Lipinski definition) is 6. The van der Waals surface area contributed by atoms with E-state index < -0.39 is 11.8 Å². The molecule has 0 aliphatic heterocycles. The Morgan fingerprint density at radius 3 is 2.38 bits per heavy atom. The lowest BCUT2D eigenvalue weighted by atomic mass is 9.91. The van der Waals surface area contributed by atoms with Crippen molar-refractivity contribution in [3.63, 3.8) is 0 Å². The van der Waals surface area contributed by atoms with Crippen molar-refractivity contribution >= 4 is 17.4 Å². The van der Waals surface area contributed by atoms with Gasteiger partial charge in [-0.2, -0.15) is 5.10 Å². The predicted octanol–water partition coefficient (Wildman–Crippen LogP) is 6.61.